The number of amides is 3. The normalized spacial score (nSPS) is 26.3. The van der Waals surface area contributed by atoms with Crippen LogP contribution in [0.15, 0.2) is 41.8 Å². The molecule has 3 amide bonds. The molecule has 12 nitrogen and oxygen atoms in total. The van der Waals surface area contributed by atoms with E-state index in [1.807, 2.05) is 36.6 Å². The number of hydrogen-bond donors (Lipinski definition) is 2. The molecule has 0 bridgehead atoms. The summed E-state index contributed by atoms with van der Waals surface area (Å²) in [4.78, 5) is 52.9. The largest absolute Gasteiger partial charge is 0.497 e. The Balaban J connectivity index is 1.35. The zero-order valence-electron chi connectivity index (χ0n) is 31.1. The Morgan fingerprint density at radius 3 is 2.60 bits per heavy atom. The van der Waals surface area contributed by atoms with E-state index in [1.54, 1.807) is 41.2 Å². The first-order valence-corrected chi connectivity index (χ1v) is 21.5. The highest BCUT2D eigenvalue weighted by molar-refractivity contribution is 7.64. The number of pyridine rings is 1. The highest BCUT2D eigenvalue weighted by Gasteiger charge is 2.62. The number of thiazole rings is 1. The van der Waals surface area contributed by atoms with Crippen molar-refractivity contribution in [2.24, 2.45) is 5.92 Å². The Bertz CT molecular complexity index is 1920. The fourth-order valence-corrected chi connectivity index (χ4v) is 9.73. The van der Waals surface area contributed by atoms with E-state index in [0.717, 1.165) is 29.7 Å². The Labute approximate surface area is 309 Å². The number of aryl methyl sites for hydroxylation is 1. The summed E-state index contributed by atoms with van der Waals surface area (Å²) < 4.78 is 31.5. The maximum atomic E-state index is 14.5. The Kier molecular flexibility index (Phi) is 10.8. The molecule has 5 atom stereocenters. The highest BCUT2D eigenvalue weighted by Crippen LogP contribution is 2.68. The number of carbonyl (C=O) groups is 3. The molecule has 5 unspecified atom stereocenters. The summed E-state index contributed by atoms with van der Waals surface area (Å²) in [6.45, 7) is 10.8. The number of allylic oxidation sites excluding steroid dienone is 1. The molecule has 0 radical (unpaired) electrons. The fourth-order valence-electron chi connectivity index (χ4n) is 7.22. The zero-order chi connectivity index (χ0) is 37.4. The molecule has 14 heteroatoms. The molecule has 1 aromatic carbocycles. The standard InChI is InChI=1S/C38H50N5O7PS/c1-23-39-31(22-52-23)30-19-33(27-16-15-25(48-5)17-29(27)40-30)49-26-18-32-34(44)42-38(51(6,7)47)20-24(38)13-11-9-8-10-12-14-28(35(45)43(32)21-26)41-36(46)50-37(2,3)4/h11,13,15-17,19,22,24,26,28,32H,8-10,12,14,18,20-21H2,1-7H3,(H,41,46)(H,42,44)/b13-11+. The van der Waals surface area contributed by atoms with Crippen molar-refractivity contribution in [3.63, 3.8) is 0 Å². The van der Waals surface area contributed by atoms with Crippen molar-refractivity contribution < 1.29 is 33.2 Å². The van der Waals surface area contributed by atoms with Gasteiger partial charge in [-0.25, -0.2) is 14.8 Å². The predicted molar refractivity (Wildman–Crippen MR) is 202 cm³/mol. The summed E-state index contributed by atoms with van der Waals surface area (Å²) >= 11 is 1.52. The molecule has 2 aliphatic heterocycles. The highest BCUT2D eigenvalue weighted by atomic mass is 32.1. The van der Waals surface area contributed by atoms with E-state index in [-0.39, 0.29) is 30.7 Å². The molecule has 3 aromatic rings. The van der Waals surface area contributed by atoms with Gasteiger partial charge in [-0.15, -0.1) is 11.3 Å². The number of alkyl carbamates (subject to hydrolysis) is 1. The average Bonchev–Trinajstić information content (AvgIpc) is 3.36. The predicted octanol–water partition coefficient (Wildman–Crippen LogP) is 6.89. The molecule has 4 heterocycles. The zero-order valence-corrected chi connectivity index (χ0v) is 32.8. The molecule has 1 aliphatic carbocycles. The summed E-state index contributed by atoms with van der Waals surface area (Å²) in [6, 6.07) is 5.55. The monoisotopic (exact) mass is 751 g/mol. The van der Waals surface area contributed by atoms with E-state index in [9.17, 15) is 18.9 Å². The van der Waals surface area contributed by atoms with Crippen LogP contribution >= 0.6 is 18.5 Å². The number of ether oxygens (including phenoxy) is 3. The Morgan fingerprint density at radius 1 is 1.12 bits per heavy atom. The molecule has 3 aliphatic rings. The third kappa shape index (κ3) is 8.31. The van der Waals surface area contributed by atoms with Crippen LogP contribution in [-0.4, -0.2) is 88.8 Å². The molecule has 2 N–H and O–H groups in total. The quantitative estimate of drug-likeness (QED) is 0.203. The van der Waals surface area contributed by atoms with E-state index < -0.39 is 42.3 Å². The van der Waals surface area contributed by atoms with Gasteiger partial charge in [-0.05, 0) is 78.8 Å². The van der Waals surface area contributed by atoms with Gasteiger partial charge in [0, 0.05) is 35.2 Å². The van der Waals surface area contributed by atoms with Crippen LogP contribution < -0.4 is 20.1 Å². The van der Waals surface area contributed by atoms with Gasteiger partial charge in [0.15, 0.2) is 0 Å². The molecule has 0 spiro atoms. The SMILES string of the molecule is COc1ccc2c(OC3CC4C(=O)NC5(P(C)(C)=O)CC5/C=C/CCCCCC(NC(=O)OC(C)(C)C)C(=O)N4C3)cc(-c3csc(C)n3)nc2c1. The molecule has 2 aromatic heterocycles. The van der Waals surface area contributed by atoms with Gasteiger partial charge in [-0.1, -0.05) is 25.0 Å². The topological polar surface area (TPSA) is 149 Å². The number of benzene rings is 1. The molecule has 52 heavy (non-hydrogen) atoms. The van der Waals surface area contributed by atoms with Crippen molar-refractivity contribution in [2.75, 3.05) is 27.0 Å². The Hall–Kier alpha value is -3.96. The molecule has 6 rings (SSSR count). The molecule has 280 valence electrons. The number of hydrogen-bond acceptors (Lipinski definition) is 10. The van der Waals surface area contributed by atoms with E-state index in [2.05, 4.69) is 27.8 Å². The summed E-state index contributed by atoms with van der Waals surface area (Å²) in [5.74, 6) is 0.363. The minimum Gasteiger partial charge on any atom is -0.497 e. The van der Waals surface area contributed by atoms with Crippen LogP contribution in [0.2, 0.25) is 0 Å². The van der Waals surface area contributed by atoms with Gasteiger partial charge in [0.25, 0.3) is 0 Å². The van der Waals surface area contributed by atoms with Gasteiger partial charge < -0.3 is 34.3 Å². The number of nitrogens with one attached hydrogen (secondary N) is 2. The second-order valence-electron chi connectivity index (χ2n) is 15.5. The summed E-state index contributed by atoms with van der Waals surface area (Å²) in [7, 11) is -1.21. The minimum atomic E-state index is -2.80. The molecule has 1 saturated heterocycles. The molecular weight excluding hydrogens is 701 g/mol. The average molecular weight is 752 g/mol. The van der Waals surface area contributed by atoms with Gasteiger partial charge in [-0.3, -0.25) is 9.59 Å². The summed E-state index contributed by atoms with van der Waals surface area (Å²) in [5.41, 5.74) is 1.23. The van der Waals surface area contributed by atoms with Gasteiger partial charge >= 0.3 is 6.09 Å². The van der Waals surface area contributed by atoms with Crippen LogP contribution in [0, 0.1) is 12.8 Å². The lowest BCUT2D eigenvalue weighted by Gasteiger charge is -2.31. The van der Waals surface area contributed by atoms with Crippen molar-refractivity contribution in [1.29, 1.82) is 0 Å². The first kappa shape index (κ1) is 37.8. The van der Waals surface area contributed by atoms with Crippen LogP contribution in [-0.2, 0) is 18.9 Å². The van der Waals surface area contributed by atoms with Crippen LogP contribution in [0.5, 0.6) is 11.5 Å². The van der Waals surface area contributed by atoms with Crippen LogP contribution in [0.4, 0.5) is 4.79 Å². The van der Waals surface area contributed by atoms with Crippen molar-refractivity contribution >= 4 is 47.3 Å². The number of methoxy groups -OCH3 is 1. The molecule has 1 saturated carbocycles. The number of fused-ring (bicyclic) bond motifs is 3. The minimum absolute atomic E-state index is 0.0467. The molecule has 2 fully saturated rings. The van der Waals surface area contributed by atoms with Crippen molar-refractivity contribution in [3.05, 3.63) is 46.8 Å². The van der Waals surface area contributed by atoms with E-state index >= 15 is 0 Å². The lowest BCUT2D eigenvalue weighted by atomic mass is 10.0. The third-order valence-corrected chi connectivity index (χ3v) is 13.3. The lowest BCUT2D eigenvalue weighted by molar-refractivity contribution is -0.140. The lowest BCUT2D eigenvalue weighted by Crippen LogP contribution is -2.55. The van der Waals surface area contributed by atoms with Gasteiger partial charge in [0.2, 0.25) is 11.8 Å². The van der Waals surface area contributed by atoms with E-state index in [0.29, 0.717) is 47.7 Å². The van der Waals surface area contributed by atoms with Crippen LogP contribution in [0.3, 0.4) is 0 Å². The Morgan fingerprint density at radius 2 is 1.90 bits per heavy atom. The maximum absolute atomic E-state index is 14.5. The maximum Gasteiger partial charge on any atom is 0.408 e. The first-order chi connectivity index (χ1) is 24.6. The number of nitrogens with zero attached hydrogens (tertiary/aromatic N) is 3. The van der Waals surface area contributed by atoms with Gasteiger partial charge in [0.05, 0.1) is 40.8 Å². The number of aromatic nitrogens is 2. The van der Waals surface area contributed by atoms with Crippen molar-refractivity contribution in [2.45, 2.75) is 102 Å². The van der Waals surface area contributed by atoms with Gasteiger partial charge in [-0.2, -0.15) is 0 Å². The first-order valence-electron chi connectivity index (χ1n) is 18.0. The van der Waals surface area contributed by atoms with E-state index in [4.69, 9.17) is 19.2 Å². The number of rotatable bonds is 6. The number of carbonyl (C=O) groups excluding carboxylic acids is 3. The molecular formula is C38H50N5O7PS. The van der Waals surface area contributed by atoms with E-state index in [1.165, 1.54) is 16.2 Å². The second-order valence-corrected chi connectivity index (χ2v) is 20.0. The van der Waals surface area contributed by atoms with Crippen molar-refractivity contribution in [3.8, 4) is 22.9 Å². The fraction of sp³-hybridized carbons (Fsp3) is 0.553. The third-order valence-electron chi connectivity index (χ3n) is 10.0. The smallest absolute Gasteiger partial charge is 0.408 e. The van der Waals surface area contributed by atoms with Crippen LogP contribution in [0.25, 0.3) is 22.3 Å². The van der Waals surface area contributed by atoms with Crippen molar-refractivity contribution in [1.82, 2.24) is 25.5 Å². The second kappa shape index (κ2) is 14.8. The van der Waals surface area contributed by atoms with Crippen LogP contribution in [0.1, 0.15) is 70.7 Å². The van der Waals surface area contributed by atoms with Gasteiger partial charge in [0.1, 0.15) is 42.4 Å². The summed E-state index contributed by atoms with van der Waals surface area (Å²) in [5, 5.41) is 8.69. The summed E-state index contributed by atoms with van der Waals surface area (Å²) in [6.07, 6.45) is 7.36.